The molecule has 0 spiro atoms. The fourth-order valence-corrected chi connectivity index (χ4v) is 4.13. The van der Waals surface area contributed by atoms with Gasteiger partial charge in [-0.1, -0.05) is 38.8 Å². The summed E-state index contributed by atoms with van der Waals surface area (Å²) in [6, 6.07) is 5.18. The average Bonchev–Trinajstić information content (AvgIpc) is 2.43. The lowest BCUT2D eigenvalue weighted by Gasteiger charge is -2.23. The van der Waals surface area contributed by atoms with Crippen molar-refractivity contribution in [3.8, 4) is 0 Å². The maximum Gasteiger partial charge on any atom is 0.124 e. The van der Waals surface area contributed by atoms with Crippen molar-refractivity contribution in [2.45, 2.75) is 37.4 Å². The molecule has 0 bridgehead atoms. The molecule has 0 radical (unpaired) electrons. The minimum Gasteiger partial charge on any atom is -0.207 e. The second-order valence-corrected chi connectivity index (χ2v) is 7.32. The van der Waals surface area contributed by atoms with E-state index in [-0.39, 0.29) is 5.82 Å². The number of hydrogen-bond donors (Lipinski definition) is 0. The second-order valence-electron chi connectivity index (χ2n) is 5.11. The van der Waals surface area contributed by atoms with Gasteiger partial charge in [0.05, 0.1) is 0 Å². The van der Waals surface area contributed by atoms with Gasteiger partial charge in [0.2, 0.25) is 0 Å². The van der Waals surface area contributed by atoms with E-state index in [9.17, 15) is 4.39 Å². The molecule has 1 aromatic rings. The van der Waals surface area contributed by atoms with Gasteiger partial charge in [-0.25, -0.2) is 4.39 Å². The zero-order valence-corrected chi connectivity index (χ0v) is 12.4. The predicted octanol–water partition coefficient (Wildman–Crippen LogP) is 5.08. The lowest BCUT2D eigenvalue weighted by molar-refractivity contribution is 0.335. The molecule has 16 heavy (non-hydrogen) atoms. The third kappa shape index (κ3) is 3.07. The second kappa shape index (κ2) is 4.77. The molecule has 0 N–H and O–H groups in total. The standard InChI is InChI=1S/C13H15Br2F/c1-13(3-2-10(14)8-13)7-9-4-11(15)6-12(16)5-9/h4-6,10H,2-3,7-8H2,1H3. The summed E-state index contributed by atoms with van der Waals surface area (Å²) in [5.41, 5.74) is 1.41. The highest BCUT2D eigenvalue weighted by atomic mass is 79.9. The van der Waals surface area contributed by atoms with Gasteiger partial charge in [-0.2, -0.15) is 0 Å². The molecule has 1 fully saturated rings. The van der Waals surface area contributed by atoms with Crippen LogP contribution in [0.1, 0.15) is 31.7 Å². The van der Waals surface area contributed by atoms with Gasteiger partial charge >= 0.3 is 0 Å². The molecule has 1 saturated carbocycles. The van der Waals surface area contributed by atoms with Crippen LogP contribution < -0.4 is 0 Å². The van der Waals surface area contributed by atoms with Gasteiger partial charge in [0.25, 0.3) is 0 Å². The summed E-state index contributed by atoms with van der Waals surface area (Å²) >= 11 is 7.02. The zero-order chi connectivity index (χ0) is 11.8. The maximum atomic E-state index is 13.3. The molecule has 0 amide bonds. The average molecular weight is 350 g/mol. The summed E-state index contributed by atoms with van der Waals surface area (Å²) in [6.07, 6.45) is 4.59. The van der Waals surface area contributed by atoms with E-state index in [0.717, 1.165) is 16.5 Å². The van der Waals surface area contributed by atoms with Crippen LogP contribution in [0.2, 0.25) is 0 Å². The first-order chi connectivity index (χ1) is 7.47. The van der Waals surface area contributed by atoms with Crippen LogP contribution in [-0.4, -0.2) is 4.83 Å². The smallest absolute Gasteiger partial charge is 0.124 e. The van der Waals surface area contributed by atoms with E-state index in [1.54, 1.807) is 6.07 Å². The first-order valence-electron chi connectivity index (χ1n) is 5.56. The van der Waals surface area contributed by atoms with Crippen LogP contribution in [0.15, 0.2) is 22.7 Å². The number of rotatable bonds is 2. The van der Waals surface area contributed by atoms with Gasteiger partial charge in [0, 0.05) is 9.30 Å². The summed E-state index contributed by atoms with van der Waals surface area (Å²) in [7, 11) is 0. The van der Waals surface area contributed by atoms with Crippen molar-refractivity contribution >= 4 is 31.9 Å². The Hall–Kier alpha value is 0.110. The van der Waals surface area contributed by atoms with Gasteiger partial charge in [0.15, 0.2) is 0 Å². The SMILES string of the molecule is CC1(Cc2cc(F)cc(Br)c2)CCC(Br)C1. The number of halogens is 3. The quantitative estimate of drug-likeness (QED) is 0.653. The first-order valence-corrected chi connectivity index (χ1v) is 7.27. The lowest BCUT2D eigenvalue weighted by Crippen LogP contribution is -2.15. The summed E-state index contributed by atoms with van der Waals surface area (Å²) in [5.74, 6) is -0.152. The van der Waals surface area contributed by atoms with E-state index in [1.807, 2.05) is 6.07 Å². The molecule has 2 atom stereocenters. The van der Waals surface area contributed by atoms with Gasteiger partial charge in [0.1, 0.15) is 5.82 Å². The first kappa shape index (κ1) is 12.6. The lowest BCUT2D eigenvalue weighted by atomic mass is 9.82. The minimum absolute atomic E-state index is 0.152. The van der Waals surface area contributed by atoms with Crippen molar-refractivity contribution < 1.29 is 4.39 Å². The number of hydrogen-bond acceptors (Lipinski definition) is 0. The minimum atomic E-state index is -0.152. The largest absolute Gasteiger partial charge is 0.207 e. The molecular weight excluding hydrogens is 335 g/mol. The summed E-state index contributed by atoms with van der Waals surface area (Å²) in [5, 5.41) is 0. The van der Waals surface area contributed by atoms with Gasteiger partial charge in [-0.3, -0.25) is 0 Å². The number of alkyl halides is 1. The Morgan fingerprint density at radius 1 is 1.44 bits per heavy atom. The summed E-state index contributed by atoms with van der Waals surface area (Å²) < 4.78 is 14.1. The van der Waals surface area contributed by atoms with E-state index < -0.39 is 0 Å². The monoisotopic (exact) mass is 348 g/mol. The third-order valence-electron chi connectivity index (χ3n) is 3.33. The van der Waals surface area contributed by atoms with E-state index in [4.69, 9.17) is 0 Å². The topological polar surface area (TPSA) is 0 Å². The van der Waals surface area contributed by atoms with Gasteiger partial charge in [-0.05, 0) is 54.9 Å². The normalized spacial score (nSPS) is 29.6. The zero-order valence-electron chi connectivity index (χ0n) is 9.27. The van der Waals surface area contributed by atoms with Crippen molar-refractivity contribution in [2.24, 2.45) is 5.41 Å². The van der Waals surface area contributed by atoms with E-state index in [2.05, 4.69) is 38.8 Å². The molecule has 2 rings (SSSR count). The molecule has 2 unspecified atom stereocenters. The Morgan fingerprint density at radius 2 is 2.19 bits per heavy atom. The third-order valence-corrected chi connectivity index (χ3v) is 4.57. The Labute approximate surface area is 113 Å². The molecular formula is C13H15Br2F. The highest BCUT2D eigenvalue weighted by Crippen LogP contribution is 2.43. The summed E-state index contributed by atoms with van der Waals surface area (Å²) in [4.78, 5) is 0.634. The van der Waals surface area contributed by atoms with Crippen LogP contribution in [0.25, 0.3) is 0 Å². The van der Waals surface area contributed by atoms with E-state index >= 15 is 0 Å². The van der Waals surface area contributed by atoms with Crippen molar-refractivity contribution in [3.05, 3.63) is 34.1 Å². The molecule has 0 saturated heterocycles. The molecule has 0 aliphatic heterocycles. The Bertz CT molecular complexity index is 371. The molecule has 1 aliphatic rings. The highest BCUT2D eigenvalue weighted by molar-refractivity contribution is 9.10. The number of benzene rings is 1. The van der Waals surface area contributed by atoms with Crippen molar-refractivity contribution in [1.29, 1.82) is 0 Å². The van der Waals surface area contributed by atoms with Crippen molar-refractivity contribution in [3.63, 3.8) is 0 Å². The molecule has 88 valence electrons. The highest BCUT2D eigenvalue weighted by Gasteiger charge is 2.33. The van der Waals surface area contributed by atoms with Gasteiger partial charge in [-0.15, -0.1) is 0 Å². The fourth-order valence-electron chi connectivity index (χ4n) is 2.61. The summed E-state index contributed by atoms with van der Waals surface area (Å²) in [6.45, 7) is 2.30. The van der Waals surface area contributed by atoms with Crippen LogP contribution in [0, 0.1) is 11.2 Å². The van der Waals surface area contributed by atoms with Crippen LogP contribution in [0.3, 0.4) is 0 Å². The van der Waals surface area contributed by atoms with Crippen molar-refractivity contribution in [1.82, 2.24) is 0 Å². The van der Waals surface area contributed by atoms with E-state index in [0.29, 0.717) is 10.2 Å². The van der Waals surface area contributed by atoms with Gasteiger partial charge < -0.3 is 0 Å². The Kier molecular flexibility index (Phi) is 3.75. The van der Waals surface area contributed by atoms with Crippen LogP contribution in [-0.2, 0) is 6.42 Å². The van der Waals surface area contributed by atoms with Crippen LogP contribution in [0.4, 0.5) is 4.39 Å². The predicted molar refractivity (Wildman–Crippen MR) is 72.5 cm³/mol. The molecule has 0 nitrogen and oxygen atoms in total. The molecule has 1 aliphatic carbocycles. The maximum absolute atomic E-state index is 13.3. The Morgan fingerprint density at radius 3 is 2.75 bits per heavy atom. The molecule has 0 heterocycles. The van der Waals surface area contributed by atoms with Crippen molar-refractivity contribution in [2.75, 3.05) is 0 Å². The fraction of sp³-hybridized carbons (Fsp3) is 0.538. The Balaban J connectivity index is 2.14. The van der Waals surface area contributed by atoms with Crippen LogP contribution >= 0.6 is 31.9 Å². The molecule has 1 aromatic carbocycles. The molecule has 3 heteroatoms. The van der Waals surface area contributed by atoms with Crippen LogP contribution in [0.5, 0.6) is 0 Å². The van der Waals surface area contributed by atoms with E-state index in [1.165, 1.54) is 25.3 Å². The molecule has 0 aromatic heterocycles.